The van der Waals surface area contributed by atoms with E-state index in [9.17, 15) is 14.7 Å². The van der Waals surface area contributed by atoms with Gasteiger partial charge in [-0.25, -0.2) is 4.79 Å². The molecule has 33 heavy (non-hydrogen) atoms. The van der Waals surface area contributed by atoms with Crippen LogP contribution in [0.5, 0.6) is 0 Å². The number of benzene rings is 2. The fraction of sp³-hybridized carbons (Fsp3) is 0.0417. The van der Waals surface area contributed by atoms with Crippen LogP contribution in [0.4, 0.5) is 0 Å². The maximum Gasteiger partial charge on any atom is 0.335 e. The van der Waals surface area contributed by atoms with Crippen molar-refractivity contribution in [1.29, 1.82) is 5.41 Å². The molecule has 1 amide bonds. The number of amidine groups is 2. The summed E-state index contributed by atoms with van der Waals surface area (Å²) < 4.78 is 5.80. The standard InChI is InChI=1S/C24H16N4O4S/c1-13-5-2-3-8-17(13)22-27-28-20(25)18(21(29)26-24(28)33-22)12-16-9-10-19(32-16)14-6-4-7-15(11-14)23(30)31/h2-12,25H,1H3,(H,30,31)/b18-12-,25-20?. The summed E-state index contributed by atoms with van der Waals surface area (Å²) in [5.74, 6) is -0.888. The number of aliphatic imine (C=N–C) groups is 1. The number of hydrogen-bond donors (Lipinski definition) is 2. The third-order valence-electron chi connectivity index (χ3n) is 5.14. The number of aromatic carboxylic acids is 1. The van der Waals surface area contributed by atoms with Gasteiger partial charge in [0.2, 0.25) is 5.17 Å². The number of furan rings is 1. The molecule has 8 nitrogen and oxygen atoms in total. The number of amides is 1. The lowest BCUT2D eigenvalue weighted by Gasteiger charge is -2.19. The molecule has 2 aromatic carbocycles. The fourth-order valence-corrected chi connectivity index (χ4v) is 4.43. The van der Waals surface area contributed by atoms with Gasteiger partial charge >= 0.3 is 5.97 Å². The Bertz CT molecular complexity index is 1430. The summed E-state index contributed by atoms with van der Waals surface area (Å²) in [6, 6.07) is 17.4. The van der Waals surface area contributed by atoms with Crippen molar-refractivity contribution >= 4 is 45.8 Å². The van der Waals surface area contributed by atoms with E-state index in [1.807, 2.05) is 31.2 Å². The summed E-state index contributed by atoms with van der Waals surface area (Å²) in [4.78, 5) is 28.0. The number of hydrogen-bond acceptors (Lipinski definition) is 6. The topological polar surface area (TPSA) is 119 Å². The summed E-state index contributed by atoms with van der Waals surface area (Å²) in [6.07, 6.45) is 1.45. The Morgan fingerprint density at radius 3 is 2.76 bits per heavy atom. The van der Waals surface area contributed by atoms with Gasteiger partial charge in [0.1, 0.15) is 16.6 Å². The third kappa shape index (κ3) is 3.79. The van der Waals surface area contributed by atoms with Gasteiger partial charge in [0, 0.05) is 11.1 Å². The lowest BCUT2D eigenvalue weighted by Crippen LogP contribution is -2.35. The first-order valence-corrected chi connectivity index (χ1v) is 10.7. The largest absolute Gasteiger partial charge is 0.478 e. The molecular formula is C24H16N4O4S. The summed E-state index contributed by atoms with van der Waals surface area (Å²) in [5, 5.41) is 24.6. The number of nitrogens with zero attached hydrogens (tertiary/aromatic N) is 3. The van der Waals surface area contributed by atoms with Crippen LogP contribution in [0.3, 0.4) is 0 Å². The lowest BCUT2D eigenvalue weighted by molar-refractivity contribution is -0.114. The molecule has 2 aliphatic rings. The summed E-state index contributed by atoms with van der Waals surface area (Å²) in [5.41, 5.74) is 2.74. The monoisotopic (exact) mass is 456 g/mol. The average molecular weight is 456 g/mol. The Kier molecular flexibility index (Phi) is 5.02. The lowest BCUT2D eigenvalue weighted by atomic mass is 10.1. The first-order valence-electron chi connectivity index (χ1n) is 9.90. The second kappa shape index (κ2) is 8.03. The van der Waals surface area contributed by atoms with Crippen LogP contribution in [-0.2, 0) is 4.79 Å². The Morgan fingerprint density at radius 1 is 1.15 bits per heavy atom. The number of aryl methyl sites for hydroxylation is 1. The number of carboxylic acids is 1. The third-order valence-corrected chi connectivity index (χ3v) is 6.08. The van der Waals surface area contributed by atoms with Gasteiger partial charge in [0.05, 0.1) is 11.1 Å². The average Bonchev–Trinajstić information content (AvgIpc) is 3.44. The van der Waals surface area contributed by atoms with E-state index in [0.29, 0.717) is 27.3 Å². The Hall–Kier alpha value is -4.24. The van der Waals surface area contributed by atoms with E-state index in [0.717, 1.165) is 11.1 Å². The van der Waals surface area contributed by atoms with Crippen molar-refractivity contribution in [2.24, 2.45) is 10.1 Å². The molecule has 162 valence electrons. The summed E-state index contributed by atoms with van der Waals surface area (Å²) in [7, 11) is 0. The van der Waals surface area contributed by atoms with Crippen molar-refractivity contribution < 1.29 is 19.1 Å². The van der Waals surface area contributed by atoms with Gasteiger partial charge in [-0.2, -0.15) is 15.1 Å². The SMILES string of the molecule is Cc1ccccc1C1=NN2C(=N)/C(=C/c3ccc(-c4cccc(C(=O)O)c4)o3)C(=O)N=C2S1. The molecule has 0 atom stereocenters. The predicted molar refractivity (Wildman–Crippen MR) is 126 cm³/mol. The van der Waals surface area contributed by atoms with E-state index >= 15 is 0 Å². The number of carbonyl (C=O) groups excluding carboxylic acids is 1. The molecule has 0 fully saturated rings. The Balaban J connectivity index is 1.45. The molecular weight excluding hydrogens is 440 g/mol. The van der Waals surface area contributed by atoms with Gasteiger partial charge in [0.15, 0.2) is 5.84 Å². The van der Waals surface area contributed by atoms with Crippen LogP contribution < -0.4 is 0 Å². The highest BCUT2D eigenvalue weighted by atomic mass is 32.2. The van der Waals surface area contributed by atoms with Crippen LogP contribution in [-0.4, -0.2) is 38.0 Å². The van der Waals surface area contributed by atoms with Gasteiger partial charge in [-0.3, -0.25) is 10.2 Å². The number of nitrogens with one attached hydrogen (secondary N) is 1. The van der Waals surface area contributed by atoms with Crippen LogP contribution >= 0.6 is 11.8 Å². The van der Waals surface area contributed by atoms with Crippen molar-refractivity contribution in [3.05, 3.63) is 88.7 Å². The molecule has 3 aromatic rings. The van der Waals surface area contributed by atoms with Crippen LogP contribution in [0.1, 0.15) is 27.2 Å². The zero-order chi connectivity index (χ0) is 23.1. The summed E-state index contributed by atoms with van der Waals surface area (Å²) >= 11 is 1.25. The number of thioether (sulfide) groups is 1. The minimum absolute atomic E-state index is 0.0503. The first kappa shape index (κ1) is 20.7. The van der Waals surface area contributed by atoms with Gasteiger partial charge in [-0.05, 0) is 54.6 Å². The number of carboxylic acid groups (broad SMARTS) is 1. The van der Waals surface area contributed by atoms with E-state index < -0.39 is 11.9 Å². The Labute approximate surface area is 192 Å². The highest BCUT2D eigenvalue weighted by molar-refractivity contribution is 8.27. The van der Waals surface area contributed by atoms with Crippen LogP contribution in [0.25, 0.3) is 17.4 Å². The second-order valence-corrected chi connectivity index (χ2v) is 8.28. The van der Waals surface area contributed by atoms with E-state index in [-0.39, 0.29) is 17.0 Å². The molecule has 9 heteroatoms. The minimum Gasteiger partial charge on any atom is -0.478 e. The molecule has 2 N–H and O–H groups in total. The van der Waals surface area contributed by atoms with Gasteiger partial charge < -0.3 is 9.52 Å². The van der Waals surface area contributed by atoms with E-state index in [4.69, 9.17) is 9.83 Å². The van der Waals surface area contributed by atoms with E-state index in [1.54, 1.807) is 24.3 Å². The Morgan fingerprint density at radius 2 is 1.97 bits per heavy atom. The number of fused-ring (bicyclic) bond motifs is 1. The van der Waals surface area contributed by atoms with Gasteiger partial charge in [-0.15, -0.1) is 0 Å². The smallest absolute Gasteiger partial charge is 0.335 e. The molecule has 0 bridgehead atoms. The molecule has 0 unspecified atom stereocenters. The van der Waals surface area contributed by atoms with Crippen LogP contribution in [0.2, 0.25) is 0 Å². The maximum atomic E-state index is 12.7. The second-order valence-electron chi connectivity index (χ2n) is 7.33. The van der Waals surface area contributed by atoms with Crippen molar-refractivity contribution in [2.45, 2.75) is 6.92 Å². The molecule has 0 saturated heterocycles. The van der Waals surface area contributed by atoms with Crippen molar-refractivity contribution in [1.82, 2.24) is 5.01 Å². The molecule has 1 aromatic heterocycles. The molecule has 5 rings (SSSR count). The minimum atomic E-state index is -1.03. The zero-order valence-corrected chi connectivity index (χ0v) is 18.1. The van der Waals surface area contributed by atoms with Crippen LogP contribution in [0.15, 0.2) is 80.7 Å². The zero-order valence-electron chi connectivity index (χ0n) is 17.3. The molecule has 0 aliphatic carbocycles. The fourth-order valence-electron chi connectivity index (χ4n) is 3.45. The molecule has 0 radical (unpaired) electrons. The molecule has 2 aliphatic heterocycles. The molecule has 3 heterocycles. The van der Waals surface area contributed by atoms with Gasteiger partial charge in [0.25, 0.3) is 5.91 Å². The number of carbonyl (C=O) groups is 2. The molecule has 0 spiro atoms. The van der Waals surface area contributed by atoms with Crippen molar-refractivity contribution in [2.75, 3.05) is 0 Å². The van der Waals surface area contributed by atoms with E-state index in [2.05, 4.69) is 10.1 Å². The predicted octanol–water partition coefficient (Wildman–Crippen LogP) is 4.62. The highest BCUT2D eigenvalue weighted by Gasteiger charge is 2.36. The van der Waals surface area contributed by atoms with E-state index in [1.165, 1.54) is 35.0 Å². The normalized spacial score (nSPS) is 16.6. The van der Waals surface area contributed by atoms with Gasteiger partial charge in [-0.1, -0.05) is 36.4 Å². The van der Waals surface area contributed by atoms with Crippen molar-refractivity contribution in [3.63, 3.8) is 0 Å². The first-order chi connectivity index (χ1) is 15.9. The summed E-state index contributed by atoms with van der Waals surface area (Å²) in [6.45, 7) is 1.97. The maximum absolute atomic E-state index is 12.7. The van der Waals surface area contributed by atoms with Crippen molar-refractivity contribution in [3.8, 4) is 11.3 Å². The molecule has 0 saturated carbocycles. The number of rotatable bonds is 4. The quantitative estimate of drug-likeness (QED) is 0.553. The number of hydrazone groups is 1. The highest BCUT2D eigenvalue weighted by Crippen LogP contribution is 2.32. The van der Waals surface area contributed by atoms with Crippen LogP contribution in [0, 0.1) is 12.3 Å².